The second-order valence-corrected chi connectivity index (χ2v) is 7.13. The summed E-state index contributed by atoms with van der Waals surface area (Å²) in [5.74, 6) is -0.629. The van der Waals surface area contributed by atoms with Crippen molar-refractivity contribution in [3.05, 3.63) is 11.8 Å². The Bertz CT molecular complexity index is 510. The standard InChI is InChI=1S/C16H26O9/c1-7-5-23-14(10-8(7)2-3-16(10,22)6-18)25-15-13(21)12(20)11(19)9(4-17)24-15/h5,8-15,17-22H,2-4,6H2,1H3/t8-,9+,10-,11+,12-,13+,14+,15-,16+/m1/s1. The molecule has 9 heteroatoms. The van der Waals surface area contributed by atoms with Crippen LogP contribution in [-0.2, 0) is 14.2 Å². The van der Waals surface area contributed by atoms with E-state index >= 15 is 0 Å². The van der Waals surface area contributed by atoms with Crippen LogP contribution in [0.3, 0.4) is 0 Å². The van der Waals surface area contributed by atoms with Gasteiger partial charge in [-0.1, -0.05) is 0 Å². The Balaban J connectivity index is 1.79. The van der Waals surface area contributed by atoms with Crippen molar-refractivity contribution in [2.24, 2.45) is 11.8 Å². The average molecular weight is 362 g/mol. The molecule has 2 heterocycles. The first-order valence-corrected chi connectivity index (χ1v) is 8.43. The van der Waals surface area contributed by atoms with Crippen LogP contribution in [0.15, 0.2) is 11.8 Å². The second-order valence-electron chi connectivity index (χ2n) is 7.13. The maximum Gasteiger partial charge on any atom is 0.207 e. The summed E-state index contributed by atoms with van der Waals surface area (Å²) in [6.45, 7) is 0.839. The quantitative estimate of drug-likeness (QED) is 0.328. The topological polar surface area (TPSA) is 149 Å². The van der Waals surface area contributed by atoms with Gasteiger partial charge in [0, 0.05) is 0 Å². The van der Waals surface area contributed by atoms with E-state index in [0.717, 1.165) is 5.57 Å². The molecular weight excluding hydrogens is 336 g/mol. The van der Waals surface area contributed by atoms with Crippen LogP contribution >= 0.6 is 0 Å². The van der Waals surface area contributed by atoms with E-state index in [1.807, 2.05) is 6.92 Å². The van der Waals surface area contributed by atoms with Crippen LogP contribution in [0.4, 0.5) is 0 Å². The third-order valence-electron chi connectivity index (χ3n) is 5.60. The number of aliphatic hydroxyl groups excluding tert-OH is 5. The van der Waals surface area contributed by atoms with Crippen LogP contribution in [-0.4, -0.2) is 86.4 Å². The summed E-state index contributed by atoms with van der Waals surface area (Å²) in [4.78, 5) is 0. The molecule has 1 aliphatic carbocycles. The number of ether oxygens (including phenoxy) is 3. The summed E-state index contributed by atoms with van der Waals surface area (Å²) < 4.78 is 16.5. The molecule has 0 amide bonds. The van der Waals surface area contributed by atoms with Crippen LogP contribution in [0.1, 0.15) is 19.8 Å². The molecule has 25 heavy (non-hydrogen) atoms. The first-order valence-electron chi connectivity index (χ1n) is 8.43. The van der Waals surface area contributed by atoms with Gasteiger partial charge in [0.2, 0.25) is 6.29 Å². The summed E-state index contributed by atoms with van der Waals surface area (Å²) in [5.41, 5.74) is -0.470. The minimum Gasteiger partial charge on any atom is -0.472 e. The highest BCUT2D eigenvalue weighted by molar-refractivity contribution is 5.14. The van der Waals surface area contributed by atoms with E-state index in [4.69, 9.17) is 14.2 Å². The van der Waals surface area contributed by atoms with Gasteiger partial charge in [-0.2, -0.15) is 0 Å². The monoisotopic (exact) mass is 362 g/mol. The van der Waals surface area contributed by atoms with Gasteiger partial charge in [-0.3, -0.25) is 0 Å². The molecule has 0 aromatic carbocycles. The lowest BCUT2D eigenvalue weighted by Gasteiger charge is -2.44. The van der Waals surface area contributed by atoms with Gasteiger partial charge in [0.1, 0.15) is 24.4 Å². The van der Waals surface area contributed by atoms with Crippen molar-refractivity contribution in [1.29, 1.82) is 0 Å². The molecule has 3 rings (SSSR count). The van der Waals surface area contributed by atoms with Crippen LogP contribution in [0.5, 0.6) is 0 Å². The summed E-state index contributed by atoms with van der Waals surface area (Å²) in [5, 5.41) is 59.4. The molecule has 3 aliphatic rings. The van der Waals surface area contributed by atoms with Crippen molar-refractivity contribution < 1.29 is 44.8 Å². The first kappa shape index (κ1) is 19.0. The van der Waals surface area contributed by atoms with E-state index in [1.165, 1.54) is 6.26 Å². The van der Waals surface area contributed by atoms with Crippen LogP contribution in [0.25, 0.3) is 0 Å². The minimum absolute atomic E-state index is 0.0548. The normalized spacial score (nSPS) is 50.1. The van der Waals surface area contributed by atoms with Gasteiger partial charge >= 0.3 is 0 Å². The van der Waals surface area contributed by atoms with Crippen molar-refractivity contribution in [2.45, 2.75) is 62.4 Å². The average Bonchev–Trinajstić information content (AvgIpc) is 2.97. The lowest BCUT2D eigenvalue weighted by Crippen LogP contribution is -2.61. The molecule has 9 atom stereocenters. The highest BCUT2D eigenvalue weighted by Gasteiger charge is 2.56. The molecule has 0 aromatic heterocycles. The Labute approximate surface area is 145 Å². The molecule has 2 fully saturated rings. The number of hydrogen-bond donors (Lipinski definition) is 6. The minimum atomic E-state index is -1.56. The molecule has 0 aromatic rings. The van der Waals surface area contributed by atoms with E-state index in [-0.39, 0.29) is 5.92 Å². The number of aliphatic hydroxyl groups is 6. The van der Waals surface area contributed by atoms with Gasteiger partial charge in [0.25, 0.3) is 0 Å². The van der Waals surface area contributed by atoms with E-state index in [2.05, 4.69) is 0 Å². The lowest BCUT2D eigenvalue weighted by molar-refractivity contribution is -0.347. The van der Waals surface area contributed by atoms with Crippen LogP contribution in [0.2, 0.25) is 0 Å². The van der Waals surface area contributed by atoms with Gasteiger partial charge in [0.05, 0.1) is 31.0 Å². The maximum absolute atomic E-state index is 10.7. The molecule has 144 valence electrons. The fraction of sp³-hybridized carbons (Fsp3) is 0.875. The van der Waals surface area contributed by atoms with E-state index in [9.17, 15) is 30.6 Å². The maximum atomic E-state index is 10.7. The molecule has 9 nitrogen and oxygen atoms in total. The Morgan fingerprint density at radius 1 is 1.16 bits per heavy atom. The van der Waals surface area contributed by atoms with E-state index in [0.29, 0.717) is 12.8 Å². The summed E-state index contributed by atoms with van der Waals surface area (Å²) in [6.07, 6.45) is -5.54. The van der Waals surface area contributed by atoms with Crippen molar-refractivity contribution >= 4 is 0 Å². The first-order chi connectivity index (χ1) is 11.8. The van der Waals surface area contributed by atoms with Crippen LogP contribution < -0.4 is 0 Å². The Morgan fingerprint density at radius 2 is 1.88 bits per heavy atom. The third-order valence-corrected chi connectivity index (χ3v) is 5.60. The second kappa shape index (κ2) is 7.09. The summed E-state index contributed by atoms with van der Waals surface area (Å²) in [7, 11) is 0. The molecule has 0 bridgehead atoms. The molecule has 2 aliphatic heterocycles. The van der Waals surface area contributed by atoms with Crippen LogP contribution in [0, 0.1) is 11.8 Å². The fourth-order valence-corrected chi connectivity index (χ4v) is 4.04. The lowest BCUT2D eigenvalue weighted by atomic mass is 9.81. The number of allylic oxidation sites excluding steroid dienone is 1. The summed E-state index contributed by atoms with van der Waals surface area (Å²) in [6, 6.07) is 0. The van der Waals surface area contributed by atoms with Crippen molar-refractivity contribution in [2.75, 3.05) is 13.2 Å². The van der Waals surface area contributed by atoms with Gasteiger partial charge in [-0.15, -0.1) is 0 Å². The molecular formula is C16H26O9. The van der Waals surface area contributed by atoms with Crippen molar-refractivity contribution in [3.8, 4) is 0 Å². The largest absolute Gasteiger partial charge is 0.472 e. The zero-order chi connectivity index (χ0) is 18.4. The van der Waals surface area contributed by atoms with Crippen molar-refractivity contribution in [1.82, 2.24) is 0 Å². The number of fused-ring (bicyclic) bond motifs is 1. The van der Waals surface area contributed by atoms with Crippen molar-refractivity contribution in [3.63, 3.8) is 0 Å². The molecule has 1 saturated heterocycles. The predicted octanol–water partition coefficient (Wildman–Crippen LogP) is -2.19. The fourth-order valence-electron chi connectivity index (χ4n) is 4.04. The molecule has 1 saturated carbocycles. The Kier molecular flexibility index (Phi) is 5.38. The zero-order valence-electron chi connectivity index (χ0n) is 13.9. The Hall–Kier alpha value is -0.780. The smallest absolute Gasteiger partial charge is 0.207 e. The predicted molar refractivity (Wildman–Crippen MR) is 81.7 cm³/mol. The highest BCUT2D eigenvalue weighted by Crippen LogP contribution is 2.49. The third kappa shape index (κ3) is 3.19. The molecule has 0 radical (unpaired) electrons. The molecule has 0 spiro atoms. The highest BCUT2D eigenvalue weighted by atomic mass is 16.8. The SMILES string of the molecule is CC1=CO[C@@H](O[C@H]2O[C@@H](CO)[C@H](O)[C@@H](O)[C@@H]2O)[C@H]2[C@@H]1CC[C@]2(O)CO. The Morgan fingerprint density at radius 3 is 2.52 bits per heavy atom. The number of rotatable bonds is 4. The van der Waals surface area contributed by atoms with Gasteiger partial charge < -0.3 is 44.8 Å². The molecule has 0 unspecified atom stereocenters. The summed E-state index contributed by atoms with van der Waals surface area (Å²) >= 11 is 0. The molecule has 6 N–H and O–H groups in total. The van der Waals surface area contributed by atoms with Gasteiger partial charge in [-0.25, -0.2) is 0 Å². The van der Waals surface area contributed by atoms with Gasteiger partial charge in [0.15, 0.2) is 6.29 Å². The van der Waals surface area contributed by atoms with E-state index < -0.39 is 61.7 Å². The van der Waals surface area contributed by atoms with Gasteiger partial charge in [-0.05, 0) is 31.3 Å². The zero-order valence-corrected chi connectivity index (χ0v) is 13.9. The number of hydrogen-bond acceptors (Lipinski definition) is 9. The van der Waals surface area contributed by atoms with E-state index in [1.54, 1.807) is 0 Å².